The number of halogens is 1. The van der Waals surface area contributed by atoms with Gasteiger partial charge in [-0.15, -0.1) is 0 Å². The Kier molecular flexibility index (Phi) is 5.14. The van der Waals surface area contributed by atoms with Crippen molar-refractivity contribution in [2.24, 2.45) is 0 Å². The van der Waals surface area contributed by atoms with Crippen molar-refractivity contribution in [1.29, 1.82) is 0 Å². The Morgan fingerprint density at radius 1 is 1.19 bits per heavy atom. The van der Waals surface area contributed by atoms with E-state index in [1.807, 2.05) is 0 Å². The quantitative estimate of drug-likeness (QED) is 0.764. The van der Waals surface area contributed by atoms with Crippen molar-refractivity contribution in [3.05, 3.63) is 59.4 Å². The number of para-hydroxylation sites is 1. The van der Waals surface area contributed by atoms with E-state index in [4.69, 9.17) is 4.74 Å². The first-order valence-electron chi connectivity index (χ1n) is 6.61. The predicted octanol–water partition coefficient (Wildman–Crippen LogP) is 2.36. The zero-order valence-corrected chi connectivity index (χ0v) is 11.7. The van der Waals surface area contributed by atoms with Crippen LogP contribution in [0.2, 0.25) is 0 Å². The molecule has 4 nitrogen and oxygen atoms in total. The summed E-state index contributed by atoms with van der Waals surface area (Å²) in [5.74, 6) is 0.0212. The van der Waals surface area contributed by atoms with E-state index in [2.05, 4.69) is 5.32 Å². The van der Waals surface area contributed by atoms with Gasteiger partial charge in [0.05, 0.1) is 13.2 Å². The molecule has 3 N–H and O–H groups in total. The van der Waals surface area contributed by atoms with Crippen LogP contribution in [0, 0.1) is 5.82 Å². The summed E-state index contributed by atoms with van der Waals surface area (Å²) in [5, 5.41) is 22.9. The van der Waals surface area contributed by atoms with Crippen LogP contribution in [-0.2, 0) is 6.54 Å². The van der Waals surface area contributed by atoms with Crippen LogP contribution in [0.25, 0.3) is 0 Å². The van der Waals surface area contributed by atoms with Crippen LogP contribution in [0.5, 0.6) is 11.5 Å². The maximum Gasteiger partial charge on any atom is 0.162 e. The molecule has 0 bridgehead atoms. The second kappa shape index (κ2) is 7.06. The second-order valence-corrected chi connectivity index (χ2v) is 4.64. The SMILES string of the molecule is COc1cccc(CNCC(O)c2ccccc2F)c1O. The molecule has 2 rings (SSSR count). The van der Waals surface area contributed by atoms with Gasteiger partial charge in [-0.3, -0.25) is 0 Å². The number of rotatable bonds is 6. The van der Waals surface area contributed by atoms with Crippen LogP contribution in [0.1, 0.15) is 17.2 Å². The number of phenols is 1. The monoisotopic (exact) mass is 291 g/mol. The van der Waals surface area contributed by atoms with Crippen molar-refractivity contribution in [3.8, 4) is 11.5 Å². The average molecular weight is 291 g/mol. The van der Waals surface area contributed by atoms with Crippen molar-refractivity contribution in [3.63, 3.8) is 0 Å². The van der Waals surface area contributed by atoms with Gasteiger partial charge in [-0.05, 0) is 12.1 Å². The molecule has 0 radical (unpaired) electrons. The van der Waals surface area contributed by atoms with E-state index >= 15 is 0 Å². The molecule has 0 fully saturated rings. The molecule has 5 heteroatoms. The third-order valence-electron chi connectivity index (χ3n) is 3.22. The zero-order chi connectivity index (χ0) is 15.2. The van der Waals surface area contributed by atoms with E-state index in [-0.39, 0.29) is 17.9 Å². The molecule has 1 atom stereocenters. The van der Waals surface area contributed by atoms with Gasteiger partial charge in [0.25, 0.3) is 0 Å². The van der Waals surface area contributed by atoms with Gasteiger partial charge in [0.15, 0.2) is 11.5 Å². The molecule has 0 spiro atoms. The van der Waals surface area contributed by atoms with Crippen LogP contribution in [0.4, 0.5) is 4.39 Å². The van der Waals surface area contributed by atoms with Gasteiger partial charge in [0.1, 0.15) is 5.82 Å². The Bertz CT molecular complexity index is 604. The highest BCUT2D eigenvalue weighted by Crippen LogP contribution is 2.29. The van der Waals surface area contributed by atoms with Gasteiger partial charge in [-0.25, -0.2) is 4.39 Å². The Morgan fingerprint density at radius 3 is 2.67 bits per heavy atom. The highest BCUT2D eigenvalue weighted by atomic mass is 19.1. The lowest BCUT2D eigenvalue weighted by Crippen LogP contribution is -2.21. The summed E-state index contributed by atoms with van der Waals surface area (Å²) in [6, 6.07) is 11.3. The number of benzene rings is 2. The smallest absolute Gasteiger partial charge is 0.162 e. The Balaban J connectivity index is 1.94. The first-order chi connectivity index (χ1) is 10.1. The maximum absolute atomic E-state index is 13.5. The fraction of sp³-hybridized carbons (Fsp3) is 0.250. The van der Waals surface area contributed by atoms with Crippen LogP contribution in [-0.4, -0.2) is 23.9 Å². The molecule has 0 aromatic heterocycles. The number of hydrogen-bond acceptors (Lipinski definition) is 4. The minimum Gasteiger partial charge on any atom is -0.504 e. The Hall–Kier alpha value is -2.11. The summed E-state index contributed by atoms with van der Waals surface area (Å²) < 4.78 is 18.5. The van der Waals surface area contributed by atoms with Gasteiger partial charge in [-0.1, -0.05) is 30.3 Å². The van der Waals surface area contributed by atoms with E-state index in [1.165, 1.54) is 13.2 Å². The standard InChI is InChI=1S/C16H18FNO3/c1-21-15-8-4-5-11(16(15)20)9-18-10-14(19)12-6-2-3-7-13(12)17/h2-8,14,18-20H,9-10H2,1H3. The lowest BCUT2D eigenvalue weighted by molar-refractivity contribution is 0.169. The highest BCUT2D eigenvalue weighted by molar-refractivity contribution is 5.45. The zero-order valence-electron chi connectivity index (χ0n) is 11.7. The number of ether oxygens (including phenoxy) is 1. The Morgan fingerprint density at radius 2 is 1.95 bits per heavy atom. The largest absolute Gasteiger partial charge is 0.504 e. The second-order valence-electron chi connectivity index (χ2n) is 4.64. The van der Waals surface area contributed by atoms with Gasteiger partial charge in [0.2, 0.25) is 0 Å². The molecule has 2 aromatic carbocycles. The molecular formula is C16H18FNO3. The fourth-order valence-electron chi connectivity index (χ4n) is 2.07. The molecule has 0 saturated carbocycles. The van der Waals surface area contributed by atoms with Gasteiger partial charge in [0, 0.05) is 24.2 Å². The highest BCUT2D eigenvalue weighted by Gasteiger charge is 2.12. The van der Waals surface area contributed by atoms with Crippen molar-refractivity contribution >= 4 is 0 Å². The van der Waals surface area contributed by atoms with Gasteiger partial charge >= 0.3 is 0 Å². The molecule has 0 aliphatic carbocycles. The number of phenolic OH excluding ortho intramolecular Hbond substituents is 1. The Labute approximate surface area is 122 Å². The van der Waals surface area contributed by atoms with Crippen LogP contribution in [0.15, 0.2) is 42.5 Å². The first-order valence-corrected chi connectivity index (χ1v) is 6.61. The molecule has 0 saturated heterocycles. The molecule has 21 heavy (non-hydrogen) atoms. The minimum absolute atomic E-state index is 0.0629. The molecule has 112 valence electrons. The van der Waals surface area contributed by atoms with Gasteiger partial charge in [-0.2, -0.15) is 0 Å². The molecular weight excluding hydrogens is 273 g/mol. The molecule has 2 aromatic rings. The van der Waals surface area contributed by atoms with Crippen LogP contribution >= 0.6 is 0 Å². The van der Waals surface area contributed by atoms with Crippen LogP contribution < -0.4 is 10.1 Å². The minimum atomic E-state index is -0.945. The van der Waals surface area contributed by atoms with Crippen molar-refractivity contribution < 1.29 is 19.3 Å². The molecule has 0 amide bonds. The molecule has 0 heterocycles. The summed E-state index contributed by atoms with van der Waals surface area (Å²) in [7, 11) is 1.48. The molecule has 1 unspecified atom stereocenters. The average Bonchev–Trinajstić information content (AvgIpc) is 2.49. The summed E-state index contributed by atoms with van der Waals surface area (Å²) in [6.45, 7) is 0.520. The normalized spacial score (nSPS) is 12.1. The third-order valence-corrected chi connectivity index (χ3v) is 3.22. The number of aromatic hydroxyl groups is 1. The van der Waals surface area contributed by atoms with Crippen LogP contribution in [0.3, 0.4) is 0 Å². The molecule has 0 aliphatic heterocycles. The third kappa shape index (κ3) is 3.71. The number of aliphatic hydroxyl groups excluding tert-OH is 1. The van der Waals surface area contributed by atoms with Crippen molar-refractivity contribution in [2.45, 2.75) is 12.6 Å². The van der Waals surface area contributed by atoms with E-state index in [0.717, 1.165) is 0 Å². The van der Waals surface area contributed by atoms with E-state index in [9.17, 15) is 14.6 Å². The lowest BCUT2D eigenvalue weighted by Gasteiger charge is -2.14. The maximum atomic E-state index is 13.5. The van der Waals surface area contributed by atoms with Crippen molar-refractivity contribution in [2.75, 3.05) is 13.7 Å². The summed E-state index contributed by atoms with van der Waals surface area (Å²) >= 11 is 0. The lowest BCUT2D eigenvalue weighted by atomic mass is 10.1. The van der Waals surface area contributed by atoms with Crippen molar-refractivity contribution in [1.82, 2.24) is 5.32 Å². The van der Waals surface area contributed by atoms with E-state index < -0.39 is 11.9 Å². The number of aliphatic hydroxyl groups is 1. The number of methoxy groups -OCH3 is 1. The first kappa shape index (κ1) is 15.3. The van der Waals surface area contributed by atoms with Gasteiger partial charge < -0.3 is 20.3 Å². The summed E-state index contributed by atoms with van der Waals surface area (Å²) in [4.78, 5) is 0. The van der Waals surface area contributed by atoms with E-state index in [1.54, 1.807) is 36.4 Å². The van der Waals surface area contributed by atoms with E-state index in [0.29, 0.717) is 17.9 Å². The summed E-state index contributed by atoms with van der Waals surface area (Å²) in [5.41, 5.74) is 0.898. The predicted molar refractivity (Wildman–Crippen MR) is 77.7 cm³/mol. The number of nitrogens with one attached hydrogen (secondary N) is 1. The molecule has 0 aliphatic rings. The summed E-state index contributed by atoms with van der Waals surface area (Å²) in [6.07, 6.45) is -0.945. The fourth-order valence-corrected chi connectivity index (χ4v) is 2.07. The number of hydrogen-bond donors (Lipinski definition) is 3. The topological polar surface area (TPSA) is 61.7 Å².